The maximum atomic E-state index is 13.1. The van der Waals surface area contributed by atoms with Crippen molar-refractivity contribution in [3.63, 3.8) is 0 Å². The van der Waals surface area contributed by atoms with E-state index in [-0.39, 0.29) is 12.5 Å². The van der Waals surface area contributed by atoms with E-state index in [1.165, 1.54) is 19.2 Å². The molecule has 4 rings (SSSR count). The Bertz CT molecular complexity index is 1100. The van der Waals surface area contributed by atoms with Crippen LogP contribution in [0.5, 0.6) is 11.5 Å². The molecule has 2 aromatic rings. The van der Waals surface area contributed by atoms with Gasteiger partial charge in [-0.05, 0) is 30.2 Å². The van der Waals surface area contributed by atoms with Crippen molar-refractivity contribution in [1.82, 2.24) is 5.01 Å². The Morgan fingerprint density at radius 1 is 1.06 bits per heavy atom. The summed E-state index contributed by atoms with van der Waals surface area (Å²) in [5.41, 5.74) is 2.03. The van der Waals surface area contributed by atoms with Crippen molar-refractivity contribution in [3.8, 4) is 11.5 Å². The molecule has 166 valence electrons. The van der Waals surface area contributed by atoms with E-state index in [2.05, 4.69) is 15.7 Å². The van der Waals surface area contributed by atoms with E-state index >= 15 is 0 Å². The van der Waals surface area contributed by atoms with Gasteiger partial charge in [0.1, 0.15) is 6.54 Å². The van der Waals surface area contributed by atoms with Gasteiger partial charge in [0, 0.05) is 11.8 Å². The summed E-state index contributed by atoms with van der Waals surface area (Å²) in [6, 6.07) is 10.3. The van der Waals surface area contributed by atoms with Crippen LogP contribution in [-0.4, -0.2) is 55.6 Å². The minimum absolute atomic E-state index is 0.207. The molecule has 2 aliphatic rings. The molecule has 10 heteroatoms. The summed E-state index contributed by atoms with van der Waals surface area (Å²) in [7, 11) is 2.96. The lowest BCUT2D eigenvalue weighted by molar-refractivity contribution is -0.123. The number of benzene rings is 2. The summed E-state index contributed by atoms with van der Waals surface area (Å²) in [5.74, 6) is -0.500. The molecule has 32 heavy (non-hydrogen) atoms. The third-order valence-corrected chi connectivity index (χ3v) is 5.46. The van der Waals surface area contributed by atoms with Gasteiger partial charge in [-0.1, -0.05) is 30.3 Å². The number of ether oxygens (including phenoxy) is 2. The monoisotopic (exact) mass is 437 g/mol. The van der Waals surface area contributed by atoms with Crippen molar-refractivity contribution in [2.75, 3.05) is 31.0 Å². The zero-order valence-corrected chi connectivity index (χ0v) is 17.9. The smallest absolute Gasteiger partial charge is 0.263 e. The average Bonchev–Trinajstić information content (AvgIpc) is 3.32. The fourth-order valence-corrected chi connectivity index (χ4v) is 3.86. The number of carbonyl (C=O) groups is 3. The largest absolute Gasteiger partial charge is 0.493 e. The Morgan fingerprint density at radius 3 is 2.53 bits per heavy atom. The molecular weight excluding hydrogens is 414 g/mol. The Labute approximate surface area is 184 Å². The van der Waals surface area contributed by atoms with Gasteiger partial charge in [0.2, 0.25) is 5.91 Å². The van der Waals surface area contributed by atoms with Crippen LogP contribution in [0.15, 0.2) is 52.8 Å². The van der Waals surface area contributed by atoms with Crippen LogP contribution in [0, 0.1) is 0 Å². The van der Waals surface area contributed by atoms with Crippen molar-refractivity contribution < 1.29 is 23.9 Å². The normalized spacial score (nSPS) is 19.3. The molecule has 3 amide bonds. The molecule has 0 unspecified atom stereocenters. The topological polar surface area (TPSA) is 113 Å². The summed E-state index contributed by atoms with van der Waals surface area (Å²) in [5, 5.41) is 12.0. The second-order valence-corrected chi connectivity index (χ2v) is 7.30. The van der Waals surface area contributed by atoms with E-state index in [4.69, 9.17) is 9.47 Å². The van der Waals surface area contributed by atoms with E-state index in [1.807, 2.05) is 31.2 Å². The number of para-hydroxylation sites is 1. The number of imide groups is 1. The number of carbonyl (C=O) groups excluding carboxylic acids is 3. The molecule has 2 heterocycles. The maximum Gasteiger partial charge on any atom is 0.263 e. The number of aryl methyl sites for hydroxylation is 1. The quantitative estimate of drug-likeness (QED) is 0.665. The first-order chi connectivity index (χ1) is 15.5. The van der Waals surface area contributed by atoms with Gasteiger partial charge in [0.15, 0.2) is 23.6 Å². The summed E-state index contributed by atoms with van der Waals surface area (Å²) < 4.78 is 10.5. The molecule has 2 aliphatic heterocycles. The number of rotatable bonds is 7. The lowest BCUT2D eigenvalue weighted by Gasteiger charge is -2.21. The molecule has 2 aromatic carbocycles. The average molecular weight is 437 g/mol. The zero-order valence-electron chi connectivity index (χ0n) is 17.9. The number of fused-ring (bicyclic) bond motifs is 1. The van der Waals surface area contributed by atoms with Crippen molar-refractivity contribution in [3.05, 3.63) is 48.0 Å². The van der Waals surface area contributed by atoms with Crippen LogP contribution in [0.4, 0.5) is 11.4 Å². The molecule has 1 fully saturated rings. The SMILES string of the molecule is CCc1ccccc1NC(=O)CN1N=N[C@@H]2C(=O)N(c3ccc(OC)c(OC)c3)C(=O)[C@@H]21. The fourth-order valence-electron chi connectivity index (χ4n) is 3.86. The highest BCUT2D eigenvalue weighted by molar-refractivity contribution is 6.25. The molecule has 0 bridgehead atoms. The van der Waals surface area contributed by atoms with Crippen molar-refractivity contribution >= 4 is 29.1 Å². The lowest BCUT2D eigenvalue weighted by Crippen LogP contribution is -2.43. The van der Waals surface area contributed by atoms with Gasteiger partial charge in [-0.15, -0.1) is 0 Å². The number of hydrogen-bond acceptors (Lipinski definition) is 8. The van der Waals surface area contributed by atoms with Gasteiger partial charge in [-0.3, -0.25) is 19.4 Å². The number of nitrogens with one attached hydrogen (secondary N) is 1. The van der Waals surface area contributed by atoms with Gasteiger partial charge in [0.25, 0.3) is 11.8 Å². The molecule has 2 atom stereocenters. The lowest BCUT2D eigenvalue weighted by atomic mass is 10.1. The molecule has 0 radical (unpaired) electrons. The van der Waals surface area contributed by atoms with E-state index in [1.54, 1.807) is 18.2 Å². The Hall–Kier alpha value is -3.95. The van der Waals surface area contributed by atoms with Gasteiger partial charge in [-0.25, -0.2) is 4.90 Å². The predicted molar refractivity (Wildman–Crippen MR) is 116 cm³/mol. The van der Waals surface area contributed by atoms with E-state index in [0.29, 0.717) is 22.9 Å². The molecular formula is C22H23N5O5. The minimum Gasteiger partial charge on any atom is -0.493 e. The van der Waals surface area contributed by atoms with E-state index in [9.17, 15) is 14.4 Å². The molecule has 1 saturated heterocycles. The molecule has 10 nitrogen and oxygen atoms in total. The Morgan fingerprint density at radius 2 is 1.81 bits per heavy atom. The summed E-state index contributed by atoms with van der Waals surface area (Å²) in [6.07, 6.45) is 0.762. The van der Waals surface area contributed by atoms with Crippen LogP contribution in [0.25, 0.3) is 0 Å². The minimum atomic E-state index is -0.994. The first-order valence-electron chi connectivity index (χ1n) is 10.1. The van der Waals surface area contributed by atoms with Crippen LogP contribution in [-0.2, 0) is 20.8 Å². The number of amides is 3. The molecule has 0 saturated carbocycles. The zero-order chi connectivity index (χ0) is 22.8. The highest BCUT2D eigenvalue weighted by atomic mass is 16.5. The van der Waals surface area contributed by atoms with Crippen LogP contribution in [0.2, 0.25) is 0 Å². The first-order valence-corrected chi connectivity index (χ1v) is 10.1. The highest BCUT2D eigenvalue weighted by Gasteiger charge is 2.55. The van der Waals surface area contributed by atoms with Crippen molar-refractivity contribution in [1.29, 1.82) is 0 Å². The Balaban J connectivity index is 1.51. The molecule has 0 aliphatic carbocycles. The predicted octanol–water partition coefficient (Wildman–Crippen LogP) is 2.20. The fraction of sp³-hybridized carbons (Fsp3) is 0.318. The third kappa shape index (κ3) is 3.64. The van der Waals surface area contributed by atoms with Gasteiger partial charge >= 0.3 is 0 Å². The van der Waals surface area contributed by atoms with Gasteiger partial charge in [-0.2, -0.15) is 5.11 Å². The summed E-state index contributed by atoms with van der Waals surface area (Å²) in [6.45, 7) is 1.79. The second kappa shape index (κ2) is 8.66. The van der Waals surface area contributed by atoms with E-state index in [0.717, 1.165) is 16.9 Å². The van der Waals surface area contributed by atoms with E-state index < -0.39 is 23.9 Å². The third-order valence-electron chi connectivity index (χ3n) is 5.46. The Kier molecular flexibility index (Phi) is 5.76. The number of nitrogens with zero attached hydrogens (tertiary/aromatic N) is 4. The van der Waals surface area contributed by atoms with Crippen LogP contribution in [0.3, 0.4) is 0 Å². The number of hydrogen-bond donors (Lipinski definition) is 1. The van der Waals surface area contributed by atoms with Gasteiger partial charge in [0.05, 0.1) is 19.9 Å². The number of anilines is 2. The summed E-state index contributed by atoms with van der Waals surface area (Å²) >= 11 is 0. The van der Waals surface area contributed by atoms with Crippen LogP contribution >= 0.6 is 0 Å². The molecule has 0 aromatic heterocycles. The van der Waals surface area contributed by atoms with Crippen LogP contribution < -0.4 is 19.7 Å². The van der Waals surface area contributed by atoms with Crippen LogP contribution in [0.1, 0.15) is 12.5 Å². The summed E-state index contributed by atoms with van der Waals surface area (Å²) in [4.78, 5) is 39.7. The van der Waals surface area contributed by atoms with Crippen molar-refractivity contribution in [2.45, 2.75) is 25.4 Å². The first kappa shape index (κ1) is 21.3. The standard InChI is InChI=1S/C22H23N5O5/c1-4-13-7-5-6-8-15(13)23-18(28)12-26-20-19(24-25-26)21(29)27(22(20)30)14-9-10-16(31-2)17(11-14)32-3/h5-11,19-20H,4,12H2,1-3H3,(H,23,28)/t19-,20+/m0/s1. The molecule has 0 spiro atoms. The number of methoxy groups -OCH3 is 2. The molecule has 1 N–H and O–H groups in total. The van der Waals surface area contributed by atoms with Crippen molar-refractivity contribution in [2.24, 2.45) is 10.3 Å². The highest BCUT2D eigenvalue weighted by Crippen LogP contribution is 2.36. The maximum absolute atomic E-state index is 13.1. The second-order valence-electron chi connectivity index (χ2n) is 7.30. The van der Waals surface area contributed by atoms with Gasteiger partial charge < -0.3 is 14.8 Å².